The molecule has 6 heteroatoms. The Labute approximate surface area is 146 Å². The number of carbonyl (C=O) groups excluding carboxylic acids is 1. The number of methoxy groups -OCH3 is 1. The van der Waals surface area contributed by atoms with Gasteiger partial charge in [0.1, 0.15) is 16.7 Å². The molecule has 0 spiro atoms. The number of hydrogen-bond donors (Lipinski definition) is 1. The summed E-state index contributed by atoms with van der Waals surface area (Å²) >= 11 is 6.32. The van der Waals surface area contributed by atoms with Gasteiger partial charge in [0.05, 0.1) is 7.11 Å². The van der Waals surface area contributed by atoms with E-state index >= 15 is 0 Å². The van der Waals surface area contributed by atoms with E-state index in [-0.39, 0.29) is 16.6 Å². The molecule has 0 saturated heterocycles. The van der Waals surface area contributed by atoms with Crippen molar-refractivity contribution in [2.75, 3.05) is 19.0 Å². The lowest BCUT2D eigenvalue weighted by Gasteiger charge is -2.16. The summed E-state index contributed by atoms with van der Waals surface area (Å²) in [6.07, 6.45) is 2.09. The van der Waals surface area contributed by atoms with Crippen LogP contribution >= 0.6 is 11.6 Å². The van der Waals surface area contributed by atoms with Gasteiger partial charge in [-0.05, 0) is 24.3 Å². The van der Waals surface area contributed by atoms with Crippen molar-refractivity contribution in [2.24, 2.45) is 0 Å². The Morgan fingerprint density at radius 2 is 2.04 bits per heavy atom. The molecule has 0 radical (unpaired) electrons. The van der Waals surface area contributed by atoms with Crippen molar-refractivity contribution >= 4 is 23.4 Å². The lowest BCUT2D eigenvalue weighted by Crippen LogP contribution is -2.15. The van der Waals surface area contributed by atoms with Gasteiger partial charge < -0.3 is 10.1 Å². The summed E-state index contributed by atoms with van der Waals surface area (Å²) in [7, 11) is 1.32. The molecular formula is C18H20ClN3O2. The molecule has 126 valence electrons. The lowest BCUT2D eigenvalue weighted by atomic mass is 10.0. The molecule has 1 heterocycles. The van der Waals surface area contributed by atoms with E-state index in [1.165, 1.54) is 12.7 Å². The zero-order valence-corrected chi connectivity index (χ0v) is 14.5. The summed E-state index contributed by atoms with van der Waals surface area (Å²) in [4.78, 5) is 20.7. The first-order valence-corrected chi connectivity index (χ1v) is 8.42. The van der Waals surface area contributed by atoms with E-state index in [2.05, 4.69) is 34.3 Å². The molecule has 1 aromatic heterocycles. The maximum Gasteiger partial charge on any atom is 0.358 e. The monoisotopic (exact) mass is 345 g/mol. The Bertz CT molecular complexity index is 733. The molecule has 0 amide bonds. The van der Waals surface area contributed by atoms with Gasteiger partial charge in [-0.25, -0.2) is 14.8 Å². The quantitative estimate of drug-likeness (QED) is 0.801. The number of carbonyl (C=O) groups is 1. The normalized spacial score (nSPS) is 15.0. The van der Waals surface area contributed by atoms with Crippen LogP contribution in [0, 0.1) is 0 Å². The zero-order valence-electron chi connectivity index (χ0n) is 13.8. The van der Waals surface area contributed by atoms with E-state index in [1.54, 1.807) is 0 Å². The highest BCUT2D eigenvalue weighted by molar-refractivity contribution is 6.35. The number of rotatable bonds is 6. The summed E-state index contributed by atoms with van der Waals surface area (Å²) in [6.45, 7) is 2.78. The predicted molar refractivity (Wildman–Crippen MR) is 93.7 cm³/mol. The summed E-state index contributed by atoms with van der Waals surface area (Å²) in [5.41, 5.74) is 1.36. The second-order valence-electron chi connectivity index (χ2n) is 6.05. The Morgan fingerprint density at radius 1 is 1.33 bits per heavy atom. The maximum atomic E-state index is 11.9. The number of ether oxygens (including phenoxy) is 1. The average Bonchev–Trinajstić information content (AvgIpc) is 3.45. The minimum atomic E-state index is -0.538. The van der Waals surface area contributed by atoms with Gasteiger partial charge in [-0.2, -0.15) is 0 Å². The van der Waals surface area contributed by atoms with Gasteiger partial charge in [0, 0.05) is 12.5 Å². The van der Waals surface area contributed by atoms with Crippen molar-refractivity contribution in [3.05, 3.63) is 52.4 Å². The van der Waals surface area contributed by atoms with Crippen LogP contribution in [0.3, 0.4) is 0 Å². The fourth-order valence-electron chi connectivity index (χ4n) is 2.49. The summed E-state index contributed by atoms with van der Waals surface area (Å²) in [6, 6.07) is 10.2. The molecule has 5 nitrogen and oxygen atoms in total. The fraction of sp³-hybridized carbons (Fsp3) is 0.389. The molecule has 0 bridgehead atoms. The Hall–Kier alpha value is -2.14. The van der Waals surface area contributed by atoms with Crippen LogP contribution in [0.25, 0.3) is 0 Å². The van der Waals surface area contributed by atoms with Gasteiger partial charge in [-0.3, -0.25) is 0 Å². The molecular weight excluding hydrogens is 326 g/mol. The van der Waals surface area contributed by atoms with E-state index in [1.807, 2.05) is 18.2 Å². The third-order valence-corrected chi connectivity index (χ3v) is 4.49. The third-order valence-electron chi connectivity index (χ3n) is 4.13. The molecule has 1 N–H and O–H groups in total. The number of nitrogens with zero attached hydrogens (tertiary/aromatic N) is 2. The minimum Gasteiger partial charge on any atom is -0.464 e. The van der Waals surface area contributed by atoms with E-state index in [0.29, 0.717) is 24.1 Å². The number of hydrogen-bond acceptors (Lipinski definition) is 5. The van der Waals surface area contributed by atoms with Crippen molar-refractivity contribution in [3.63, 3.8) is 0 Å². The average molecular weight is 346 g/mol. The summed E-state index contributed by atoms with van der Waals surface area (Å²) in [5, 5.41) is 3.48. The first-order valence-electron chi connectivity index (χ1n) is 8.04. The Kier molecular flexibility index (Phi) is 5.00. The molecule has 1 aliphatic carbocycles. The number of halogens is 1. The van der Waals surface area contributed by atoms with E-state index in [0.717, 1.165) is 12.8 Å². The molecule has 1 aliphatic rings. The lowest BCUT2D eigenvalue weighted by molar-refractivity contribution is 0.0593. The highest BCUT2D eigenvalue weighted by Gasteiger charge is 2.30. The molecule has 3 rings (SSSR count). The molecule has 1 aromatic carbocycles. The first-order chi connectivity index (χ1) is 11.6. The van der Waals surface area contributed by atoms with Gasteiger partial charge in [0.25, 0.3) is 0 Å². The molecule has 1 atom stereocenters. The van der Waals surface area contributed by atoms with E-state index in [4.69, 9.17) is 16.3 Å². The van der Waals surface area contributed by atoms with Gasteiger partial charge in [-0.15, -0.1) is 0 Å². The fourth-order valence-corrected chi connectivity index (χ4v) is 2.72. The van der Waals surface area contributed by atoms with Crippen LogP contribution in [-0.2, 0) is 4.74 Å². The van der Waals surface area contributed by atoms with Gasteiger partial charge in [0.15, 0.2) is 5.69 Å². The third kappa shape index (κ3) is 3.67. The van der Waals surface area contributed by atoms with Crippen LogP contribution in [0.15, 0.2) is 30.3 Å². The molecule has 0 aliphatic heterocycles. The number of anilines is 1. The van der Waals surface area contributed by atoms with Crippen LogP contribution in [0.5, 0.6) is 0 Å². The van der Waals surface area contributed by atoms with E-state index < -0.39 is 5.97 Å². The summed E-state index contributed by atoms with van der Waals surface area (Å²) in [5.74, 6) is 1.22. The van der Waals surface area contributed by atoms with Crippen LogP contribution in [0.4, 0.5) is 5.82 Å². The van der Waals surface area contributed by atoms with Crippen molar-refractivity contribution in [3.8, 4) is 0 Å². The number of esters is 1. The first kappa shape index (κ1) is 16.7. The smallest absolute Gasteiger partial charge is 0.358 e. The molecule has 1 unspecified atom stereocenters. The maximum absolute atomic E-state index is 11.9. The van der Waals surface area contributed by atoms with Gasteiger partial charge in [0.2, 0.25) is 0 Å². The number of benzene rings is 1. The zero-order chi connectivity index (χ0) is 17.1. The Balaban J connectivity index is 1.81. The van der Waals surface area contributed by atoms with E-state index in [9.17, 15) is 4.79 Å². The minimum absolute atomic E-state index is 0.130. The second-order valence-corrected chi connectivity index (χ2v) is 6.43. The highest BCUT2D eigenvalue weighted by Crippen LogP contribution is 2.39. The van der Waals surface area contributed by atoms with Gasteiger partial charge in [-0.1, -0.05) is 48.9 Å². The standard InChI is InChI=1S/C18H20ClN3O2/c1-11(12-6-4-3-5-7-12)10-20-17-14(19)15(18(23)24-2)21-16(22-17)13-8-9-13/h3-7,11,13H,8-10H2,1-2H3,(H,20,21,22). The number of nitrogens with one attached hydrogen (secondary N) is 1. The van der Waals surface area contributed by atoms with Crippen LogP contribution in [0.2, 0.25) is 5.02 Å². The molecule has 1 fully saturated rings. The van der Waals surface area contributed by atoms with Crippen LogP contribution in [-0.4, -0.2) is 29.6 Å². The van der Waals surface area contributed by atoms with Crippen LogP contribution in [0.1, 0.15) is 53.5 Å². The summed E-state index contributed by atoms with van der Waals surface area (Å²) < 4.78 is 4.78. The predicted octanol–water partition coefficient (Wildman–Crippen LogP) is 4.01. The van der Waals surface area contributed by atoms with Crippen molar-refractivity contribution < 1.29 is 9.53 Å². The SMILES string of the molecule is COC(=O)c1nc(C2CC2)nc(NCC(C)c2ccccc2)c1Cl. The van der Waals surface area contributed by atoms with Crippen molar-refractivity contribution in [1.82, 2.24) is 9.97 Å². The van der Waals surface area contributed by atoms with Gasteiger partial charge >= 0.3 is 5.97 Å². The largest absolute Gasteiger partial charge is 0.464 e. The Morgan fingerprint density at radius 3 is 2.67 bits per heavy atom. The van der Waals surface area contributed by atoms with Crippen LogP contribution < -0.4 is 5.32 Å². The van der Waals surface area contributed by atoms with Crippen molar-refractivity contribution in [1.29, 1.82) is 0 Å². The number of aromatic nitrogens is 2. The van der Waals surface area contributed by atoms with Crippen molar-refractivity contribution in [2.45, 2.75) is 31.6 Å². The second kappa shape index (κ2) is 7.18. The molecule has 1 saturated carbocycles. The molecule has 2 aromatic rings. The molecule has 24 heavy (non-hydrogen) atoms. The topological polar surface area (TPSA) is 64.1 Å². The highest BCUT2D eigenvalue weighted by atomic mass is 35.5.